The molecule has 15 heavy (non-hydrogen) atoms. The molecule has 1 N–H and O–H groups in total. The van der Waals surface area contributed by atoms with E-state index in [1.165, 1.54) is 35.0 Å². The Morgan fingerprint density at radius 3 is 3.07 bits per heavy atom. The molecule has 1 aliphatic carbocycles. The van der Waals surface area contributed by atoms with E-state index in [4.69, 9.17) is 0 Å². The Hall–Kier alpha value is 0.140. The van der Waals surface area contributed by atoms with Crippen molar-refractivity contribution in [1.29, 1.82) is 0 Å². The van der Waals surface area contributed by atoms with Gasteiger partial charge in [0.05, 0.1) is 0 Å². The topological polar surface area (TPSA) is 12.0 Å². The van der Waals surface area contributed by atoms with Crippen molar-refractivity contribution in [2.24, 2.45) is 5.92 Å². The van der Waals surface area contributed by atoms with E-state index in [9.17, 15) is 0 Å². The number of halogens is 1. The van der Waals surface area contributed by atoms with Crippen molar-refractivity contribution in [2.45, 2.75) is 45.2 Å². The normalized spacial score (nSPS) is 26.8. The van der Waals surface area contributed by atoms with Gasteiger partial charge in [-0.25, -0.2) is 0 Å². The van der Waals surface area contributed by atoms with Gasteiger partial charge >= 0.3 is 0 Å². The Labute approximate surface area is 104 Å². The Bertz CT molecular complexity index is 310. The van der Waals surface area contributed by atoms with Crippen LogP contribution in [0.25, 0.3) is 0 Å². The average molecular weight is 288 g/mol. The summed E-state index contributed by atoms with van der Waals surface area (Å²) in [4.78, 5) is 1.43. The first-order valence-corrected chi connectivity index (χ1v) is 7.37. The lowest BCUT2D eigenvalue weighted by molar-refractivity contribution is 0.301. The van der Waals surface area contributed by atoms with Crippen LogP contribution >= 0.6 is 27.3 Å². The predicted molar refractivity (Wildman–Crippen MR) is 70.3 cm³/mol. The lowest BCUT2D eigenvalue weighted by Crippen LogP contribution is -2.32. The van der Waals surface area contributed by atoms with Crippen LogP contribution in [0.1, 0.15) is 37.5 Å². The monoisotopic (exact) mass is 287 g/mol. The van der Waals surface area contributed by atoms with Gasteiger partial charge in [0.1, 0.15) is 0 Å². The second-order valence-electron chi connectivity index (χ2n) is 4.58. The molecule has 1 aromatic rings. The zero-order chi connectivity index (χ0) is 10.7. The van der Waals surface area contributed by atoms with E-state index in [1.807, 2.05) is 11.3 Å². The minimum atomic E-state index is 0.745. The van der Waals surface area contributed by atoms with E-state index in [2.05, 4.69) is 39.6 Å². The fourth-order valence-corrected chi connectivity index (χ4v) is 3.71. The Balaban J connectivity index is 1.77. The smallest absolute Gasteiger partial charge is 0.0302 e. The lowest BCUT2D eigenvalue weighted by atomic mass is 9.87. The highest BCUT2D eigenvalue weighted by Crippen LogP contribution is 2.24. The molecular weight excluding hydrogens is 270 g/mol. The van der Waals surface area contributed by atoms with Crippen LogP contribution in [0.2, 0.25) is 0 Å². The molecule has 0 amide bonds. The third-order valence-electron chi connectivity index (χ3n) is 3.12. The maximum Gasteiger partial charge on any atom is 0.0302 e. The van der Waals surface area contributed by atoms with E-state index < -0.39 is 0 Å². The zero-order valence-electron chi connectivity index (χ0n) is 9.13. The fourth-order valence-electron chi connectivity index (χ4n) is 2.31. The van der Waals surface area contributed by atoms with Gasteiger partial charge in [-0.1, -0.05) is 19.8 Å². The van der Waals surface area contributed by atoms with Crippen molar-refractivity contribution in [3.8, 4) is 0 Å². The molecule has 0 aromatic carbocycles. The summed E-state index contributed by atoms with van der Waals surface area (Å²) in [6.45, 7) is 3.41. The van der Waals surface area contributed by atoms with Gasteiger partial charge in [-0.05, 0) is 40.8 Å². The third-order valence-corrected chi connectivity index (χ3v) is 4.82. The first-order valence-electron chi connectivity index (χ1n) is 5.70. The Kier molecular flexibility index (Phi) is 4.23. The average Bonchev–Trinajstić information content (AvgIpc) is 2.62. The Morgan fingerprint density at radius 2 is 2.40 bits per heavy atom. The number of rotatable bonds is 3. The van der Waals surface area contributed by atoms with Gasteiger partial charge in [-0.2, -0.15) is 0 Å². The van der Waals surface area contributed by atoms with Crippen molar-refractivity contribution < 1.29 is 0 Å². The fraction of sp³-hybridized carbons (Fsp3) is 0.667. The van der Waals surface area contributed by atoms with Crippen LogP contribution in [0.4, 0.5) is 0 Å². The standard InChI is InChI=1S/C12H18BrNS/c1-9-3-2-4-11(5-9)14-7-12-6-10(13)8-15-12/h6,8-9,11,14H,2-5,7H2,1H3/t9-,11-/m1/s1. The Morgan fingerprint density at radius 1 is 1.53 bits per heavy atom. The maximum absolute atomic E-state index is 3.67. The van der Waals surface area contributed by atoms with Crippen LogP contribution in [0.5, 0.6) is 0 Å². The highest BCUT2D eigenvalue weighted by Gasteiger charge is 2.18. The molecule has 1 nitrogen and oxygen atoms in total. The molecule has 0 saturated heterocycles. The molecule has 1 aliphatic rings. The minimum absolute atomic E-state index is 0.745. The third kappa shape index (κ3) is 3.58. The number of thiophene rings is 1. The molecule has 0 unspecified atom stereocenters. The molecule has 1 heterocycles. The maximum atomic E-state index is 3.67. The summed E-state index contributed by atoms with van der Waals surface area (Å²) in [6, 6.07) is 2.96. The SMILES string of the molecule is C[C@@H]1CCC[C@@H](NCc2cc(Br)cs2)C1. The first kappa shape index (κ1) is 11.6. The van der Waals surface area contributed by atoms with E-state index in [1.54, 1.807) is 0 Å². The van der Waals surface area contributed by atoms with Gasteiger partial charge in [-0.15, -0.1) is 11.3 Å². The highest BCUT2D eigenvalue weighted by molar-refractivity contribution is 9.10. The van der Waals surface area contributed by atoms with Gasteiger partial charge in [-0.3, -0.25) is 0 Å². The van der Waals surface area contributed by atoms with Crippen molar-refractivity contribution in [2.75, 3.05) is 0 Å². The summed E-state index contributed by atoms with van der Waals surface area (Å²) in [5.74, 6) is 0.909. The molecule has 2 rings (SSSR count). The lowest BCUT2D eigenvalue weighted by Gasteiger charge is -2.27. The quantitative estimate of drug-likeness (QED) is 0.880. The van der Waals surface area contributed by atoms with Crippen molar-refractivity contribution in [3.05, 3.63) is 20.8 Å². The van der Waals surface area contributed by atoms with E-state index in [0.717, 1.165) is 18.5 Å². The summed E-state index contributed by atoms with van der Waals surface area (Å²) >= 11 is 5.32. The largest absolute Gasteiger partial charge is 0.309 e. The van der Waals surface area contributed by atoms with Gasteiger partial charge in [0, 0.05) is 27.3 Å². The van der Waals surface area contributed by atoms with Crippen molar-refractivity contribution >= 4 is 27.3 Å². The van der Waals surface area contributed by atoms with Crippen LogP contribution in [0.15, 0.2) is 15.9 Å². The molecule has 1 saturated carbocycles. The van der Waals surface area contributed by atoms with E-state index >= 15 is 0 Å². The predicted octanol–water partition coefficient (Wildman–Crippen LogP) is 4.18. The molecule has 1 fully saturated rings. The van der Waals surface area contributed by atoms with Gasteiger partial charge in [0.15, 0.2) is 0 Å². The first-order chi connectivity index (χ1) is 7.24. The molecule has 0 aliphatic heterocycles. The second-order valence-corrected chi connectivity index (χ2v) is 6.49. The minimum Gasteiger partial charge on any atom is -0.309 e. The summed E-state index contributed by atoms with van der Waals surface area (Å²) in [5.41, 5.74) is 0. The number of hydrogen-bond acceptors (Lipinski definition) is 2. The summed E-state index contributed by atoms with van der Waals surface area (Å²) in [6.07, 6.45) is 5.53. The van der Waals surface area contributed by atoms with Crippen LogP contribution in [-0.4, -0.2) is 6.04 Å². The van der Waals surface area contributed by atoms with Crippen LogP contribution < -0.4 is 5.32 Å². The zero-order valence-corrected chi connectivity index (χ0v) is 11.5. The number of nitrogens with one attached hydrogen (secondary N) is 1. The second kappa shape index (κ2) is 5.46. The molecule has 1 aromatic heterocycles. The van der Waals surface area contributed by atoms with E-state index in [0.29, 0.717) is 0 Å². The van der Waals surface area contributed by atoms with Crippen molar-refractivity contribution in [1.82, 2.24) is 5.32 Å². The van der Waals surface area contributed by atoms with Crippen LogP contribution in [0, 0.1) is 5.92 Å². The highest BCUT2D eigenvalue weighted by atomic mass is 79.9. The van der Waals surface area contributed by atoms with Crippen LogP contribution in [-0.2, 0) is 6.54 Å². The molecule has 0 radical (unpaired) electrons. The molecular formula is C12H18BrNS. The summed E-state index contributed by atoms with van der Waals surface area (Å²) in [7, 11) is 0. The summed E-state index contributed by atoms with van der Waals surface area (Å²) in [5, 5.41) is 5.82. The van der Waals surface area contributed by atoms with Gasteiger partial charge in [0.2, 0.25) is 0 Å². The van der Waals surface area contributed by atoms with Crippen LogP contribution in [0.3, 0.4) is 0 Å². The summed E-state index contributed by atoms with van der Waals surface area (Å²) < 4.78 is 1.21. The molecule has 0 bridgehead atoms. The molecule has 84 valence electrons. The number of hydrogen-bond donors (Lipinski definition) is 1. The molecule has 2 atom stereocenters. The van der Waals surface area contributed by atoms with Gasteiger partial charge < -0.3 is 5.32 Å². The van der Waals surface area contributed by atoms with Crippen molar-refractivity contribution in [3.63, 3.8) is 0 Å². The molecule has 0 spiro atoms. The van der Waals surface area contributed by atoms with Gasteiger partial charge in [0.25, 0.3) is 0 Å². The molecule has 3 heteroatoms. The van der Waals surface area contributed by atoms with E-state index in [-0.39, 0.29) is 0 Å².